The van der Waals surface area contributed by atoms with E-state index >= 15 is 0 Å². The second-order valence-electron chi connectivity index (χ2n) is 5.38. The van der Waals surface area contributed by atoms with E-state index in [-0.39, 0.29) is 5.91 Å². The number of carbonyl (C=O) groups is 1. The number of halogens is 1. The van der Waals surface area contributed by atoms with Crippen LogP contribution in [0.1, 0.15) is 26.2 Å². The Labute approximate surface area is 140 Å². The van der Waals surface area contributed by atoms with Gasteiger partial charge in [-0.3, -0.25) is 4.79 Å². The first-order chi connectivity index (χ1) is 11.0. The van der Waals surface area contributed by atoms with Gasteiger partial charge in [-0.15, -0.1) is 0 Å². The van der Waals surface area contributed by atoms with Crippen molar-refractivity contribution in [2.75, 3.05) is 13.1 Å². The summed E-state index contributed by atoms with van der Waals surface area (Å²) in [7, 11) is 0. The molecule has 0 unspecified atom stereocenters. The lowest BCUT2D eigenvalue weighted by atomic mass is 10.2. The van der Waals surface area contributed by atoms with Crippen molar-refractivity contribution in [3.63, 3.8) is 0 Å². The molecule has 0 N–H and O–H groups in total. The van der Waals surface area contributed by atoms with E-state index in [0.29, 0.717) is 42.7 Å². The number of aryl methyl sites for hydroxylation is 1. The predicted molar refractivity (Wildman–Crippen MR) is 90.1 cm³/mol. The largest absolute Gasteiger partial charge is 0.339 e. The predicted octanol–water partition coefficient (Wildman–Crippen LogP) is 3.75. The molecule has 0 aliphatic heterocycles. The Hall–Kier alpha value is -2.14. The summed E-state index contributed by atoms with van der Waals surface area (Å²) in [6.45, 7) is 8.94. The molecule has 0 fully saturated rings. The highest BCUT2D eigenvalue weighted by Gasteiger charge is 2.14. The van der Waals surface area contributed by atoms with Crippen LogP contribution in [0.25, 0.3) is 11.4 Å². The van der Waals surface area contributed by atoms with Crippen LogP contribution in [0.3, 0.4) is 0 Å². The Morgan fingerprint density at radius 2 is 2.04 bits per heavy atom. The van der Waals surface area contributed by atoms with Crippen LogP contribution in [0.4, 0.5) is 0 Å². The topological polar surface area (TPSA) is 59.2 Å². The quantitative estimate of drug-likeness (QED) is 0.724. The summed E-state index contributed by atoms with van der Waals surface area (Å²) in [5.41, 5.74) is 1.79. The van der Waals surface area contributed by atoms with Crippen LogP contribution in [0.15, 0.2) is 40.9 Å². The van der Waals surface area contributed by atoms with Crippen LogP contribution in [-0.2, 0) is 11.2 Å². The zero-order valence-corrected chi connectivity index (χ0v) is 14.1. The molecule has 1 aromatic carbocycles. The lowest BCUT2D eigenvalue weighted by Gasteiger charge is -2.20. The summed E-state index contributed by atoms with van der Waals surface area (Å²) in [4.78, 5) is 18.3. The van der Waals surface area contributed by atoms with E-state index in [2.05, 4.69) is 16.7 Å². The van der Waals surface area contributed by atoms with Gasteiger partial charge in [-0.1, -0.05) is 28.9 Å². The zero-order valence-electron chi connectivity index (χ0n) is 13.4. The average Bonchev–Trinajstić information content (AvgIpc) is 2.99. The molecule has 1 heterocycles. The minimum absolute atomic E-state index is 0.0572. The molecule has 0 bridgehead atoms. The second kappa shape index (κ2) is 7.92. The first-order valence-corrected chi connectivity index (χ1v) is 7.88. The van der Waals surface area contributed by atoms with Crippen LogP contribution in [-0.4, -0.2) is 34.0 Å². The molecule has 23 heavy (non-hydrogen) atoms. The van der Waals surface area contributed by atoms with Gasteiger partial charge in [0.2, 0.25) is 17.6 Å². The summed E-state index contributed by atoms with van der Waals surface area (Å²) in [6.07, 6.45) is 0.759. The van der Waals surface area contributed by atoms with Gasteiger partial charge >= 0.3 is 0 Å². The van der Waals surface area contributed by atoms with Crippen molar-refractivity contribution < 1.29 is 9.32 Å². The van der Waals surface area contributed by atoms with Crippen molar-refractivity contribution in [3.8, 4) is 11.4 Å². The van der Waals surface area contributed by atoms with Crippen molar-refractivity contribution in [1.82, 2.24) is 15.0 Å². The molecule has 1 amide bonds. The highest BCUT2D eigenvalue weighted by Crippen LogP contribution is 2.19. The molecular formula is C17H20ClN3O2. The maximum Gasteiger partial charge on any atom is 0.227 e. The zero-order chi connectivity index (χ0) is 16.8. The number of hydrogen-bond acceptors (Lipinski definition) is 4. The maximum atomic E-state index is 12.2. The van der Waals surface area contributed by atoms with Gasteiger partial charge in [-0.05, 0) is 38.1 Å². The van der Waals surface area contributed by atoms with Crippen LogP contribution in [0.2, 0.25) is 5.02 Å². The third-order valence-corrected chi connectivity index (χ3v) is 3.57. The van der Waals surface area contributed by atoms with Gasteiger partial charge in [-0.2, -0.15) is 4.98 Å². The number of aromatic nitrogens is 2. The van der Waals surface area contributed by atoms with Crippen molar-refractivity contribution in [2.45, 2.75) is 26.7 Å². The van der Waals surface area contributed by atoms with Gasteiger partial charge in [0.15, 0.2) is 0 Å². The Morgan fingerprint density at radius 1 is 1.35 bits per heavy atom. The normalized spacial score (nSPS) is 10.6. The fourth-order valence-corrected chi connectivity index (χ4v) is 2.27. The number of nitrogens with zero attached hydrogens (tertiary/aromatic N) is 3. The lowest BCUT2D eigenvalue weighted by Crippen LogP contribution is -2.32. The fourth-order valence-electron chi connectivity index (χ4n) is 2.15. The number of hydrogen-bond donors (Lipinski definition) is 0. The number of rotatable bonds is 7. The van der Waals surface area contributed by atoms with Crippen molar-refractivity contribution >= 4 is 17.5 Å². The summed E-state index contributed by atoms with van der Waals surface area (Å²) in [5.74, 6) is 1.01. The summed E-state index contributed by atoms with van der Waals surface area (Å²) in [6, 6.07) is 7.20. The molecule has 2 aromatic rings. The van der Waals surface area contributed by atoms with Crippen LogP contribution < -0.4 is 0 Å². The summed E-state index contributed by atoms with van der Waals surface area (Å²) >= 11 is 5.86. The molecule has 0 saturated carbocycles. The summed E-state index contributed by atoms with van der Waals surface area (Å²) < 4.78 is 5.21. The van der Waals surface area contributed by atoms with Gasteiger partial charge in [0, 0.05) is 36.5 Å². The molecule has 0 spiro atoms. The minimum Gasteiger partial charge on any atom is -0.339 e. The third-order valence-electron chi connectivity index (χ3n) is 3.32. The highest BCUT2D eigenvalue weighted by molar-refractivity contribution is 6.30. The monoisotopic (exact) mass is 333 g/mol. The van der Waals surface area contributed by atoms with Gasteiger partial charge in [0.1, 0.15) is 0 Å². The van der Waals surface area contributed by atoms with Gasteiger partial charge in [0.25, 0.3) is 0 Å². The molecule has 122 valence electrons. The van der Waals surface area contributed by atoms with Crippen molar-refractivity contribution in [3.05, 3.63) is 47.3 Å². The number of benzene rings is 1. The van der Waals surface area contributed by atoms with E-state index < -0.39 is 0 Å². The minimum atomic E-state index is 0.0572. The molecule has 0 saturated heterocycles. The van der Waals surface area contributed by atoms with Gasteiger partial charge < -0.3 is 9.42 Å². The Bertz CT molecular complexity index is 679. The van der Waals surface area contributed by atoms with Gasteiger partial charge in [0.05, 0.1) is 0 Å². The molecule has 0 aliphatic rings. The molecule has 0 aliphatic carbocycles. The van der Waals surface area contributed by atoms with E-state index in [1.54, 1.807) is 17.0 Å². The fraction of sp³-hybridized carbons (Fsp3) is 0.353. The van der Waals surface area contributed by atoms with Crippen LogP contribution in [0, 0.1) is 0 Å². The molecule has 0 atom stereocenters. The van der Waals surface area contributed by atoms with Crippen molar-refractivity contribution in [2.24, 2.45) is 0 Å². The standard InChI is InChI=1S/C17H20ClN3O2/c1-4-21(11-12(2)3)16(22)10-9-15-19-17(20-23-15)13-5-7-14(18)8-6-13/h5-8H,2,4,9-11H2,1,3H3. The van der Waals surface area contributed by atoms with Crippen LogP contribution in [0.5, 0.6) is 0 Å². The average molecular weight is 334 g/mol. The number of likely N-dealkylation sites (N-methyl/N-ethyl adjacent to an activating group) is 1. The molecule has 0 radical (unpaired) electrons. The first-order valence-electron chi connectivity index (χ1n) is 7.50. The Kier molecular flexibility index (Phi) is 5.93. The Balaban J connectivity index is 1.95. The smallest absolute Gasteiger partial charge is 0.227 e. The lowest BCUT2D eigenvalue weighted by molar-refractivity contribution is -0.130. The molecule has 1 aromatic heterocycles. The molecule has 6 heteroatoms. The van der Waals surface area contributed by atoms with Crippen LogP contribution >= 0.6 is 11.6 Å². The van der Waals surface area contributed by atoms with Gasteiger partial charge in [-0.25, -0.2) is 0 Å². The first kappa shape index (κ1) is 17.2. The van der Waals surface area contributed by atoms with E-state index in [0.717, 1.165) is 11.1 Å². The van der Waals surface area contributed by atoms with Crippen molar-refractivity contribution in [1.29, 1.82) is 0 Å². The van der Waals surface area contributed by atoms with E-state index in [9.17, 15) is 4.79 Å². The summed E-state index contributed by atoms with van der Waals surface area (Å²) in [5, 5.41) is 4.59. The highest BCUT2D eigenvalue weighted by atomic mass is 35.5. The third kappa shape index (κ3) is 4.93. The molecule has 2 rings (SSSR count). The molecule has 5 nitrogen and oxygen atoms in total. The number of amides is 1. The second-order valence-corrected chi connectivity index (χ2v) is 5.82. The van der Waals surface area contributed by atoms with E-state index in [1.807, 2.05) is 26.0 Å². The van der Waals surface area contributed by atoms with E-state index in [4.69, 9.17) is 16.1 Å². The van der Waals surface area contributed by atoms with E-state index in [1.165, 1.54) is 0 Å². The maximum absolute atomic E-state index is 12.2. The Morgan fingerprint density at radius 3 is 2.65 bits per heavy atom. The SMILES string of the molecule is C=C(C)CN(CC)C(=O)CCc1nc(-c2ccc(Cl)cc2)no1. The number of carbonyl (C=O) groups excluding carboxylic acids is 1. The molecular weight excluding hydrogens is 314 g/mol.